The largest absolute Gasteiger partial charge is 0.481 e. The van der Waals surface area contributed by atoms with Crippen LogP contribution in [0.2, 0.25) is 0 Å². The topological polar surface area (TPSA) is 295 Å². The lowest BCUT2D eigenvalue weighted by Gasteiger charge is -2.27. The average molecular weight is 517 g/mol. The number of carboxylic acids is 2. The predicted octanol–water partition coefficient (Wildman–Crippen LogP) is -3.70. The van der Waals surface area contributed by atoms with Crippen molar-refractivity contribution >= 4 is 41.5 Å². The molecule has 0 rings (SSSR count). The van der Waals surface area contributed by atoms with Crippen LogP contribution in [-0.4, -0.2) is 82.5 Å². The summed E-state index contributed by atoms with van der Waals surface area (Å²) < 4.78 is 0. The summed E-state index contributed by atoms with van der Waals surface area (Å²) in [7, 11) is 0. The summed E-state index contributed by atoms with van der Waals surface area (Å²) in [5.74, 6) is -7.32. The SMILES string of the molecule is CCC(C)C(NC(=O)C(N)CCCN=C(N)N)C(=O)NC(CC(=O)O)C(=O)NC(CC(N)=O)C(=O)O. The molecule has 0 aliphatic heterocycles. The number of aliphatic carboxylic acids is 2. The van der Waals surface area contributed by atoms with Crippen molar-refractivity contribution in [2.75, 3.05) is 6.54 Å². The van der Waals surface area contributed by atoms with E-state index < -0.39 is 78.5 Å². The highest BCUT2D eigenvalue weighted by atomic mass is 16.4. The Labute approximate surface area is 207 Å². The first-order valence-electron chi connectivity index (χ1n) is 11.1. The van der Waals surface area contributed by atoms with E-state index >= 15 is 0 Å². The molecule has 0 bridgehead atoms. The van der Waals surface area contributed by atoms with E-state index in [9.17, 15) is 28.8 Å². The number of carbonyl (C=O) groups excluding carboxylic acids is 4. The molecule has 0 aromatic carbocycles. The van der Waals surface area contributed by atoms with Crippen LogP contribution in [0.3, 0.4) is 0 Å². The molecule has 204 valence electrons. The van der Waals surface area contributed by atoms with Crippen molar-refractivity contribution < 1.29 is 39.0 Å². The van der Waals surface area contributed by atoms with Crippen LogP contribution >= 0.6 is 0 Å². The number of nitrogens with two attached hydrogens (primary N) is 4. The van der Waals surface area contributed by atoms with Crippen LogP contribution in [0.25, 0.3) is 0 Å². The quantitative estimate of drug-likeness (QED) is 0.0514. The number of nitrogens with one attached hydrogen (secondary N) is 3. The van der Waals surface area contributed by atoms with Crippen molar-refractivity contribution in [3.8, 4) is 0 Å². The van der Waals surface area contributed by atoms with Gasteiger partial charge in [0.1, 0.15) is 18.1 Å². The van der Waals surface area contributed by atoms with Crippen LogP contribution in [0.5, 0.6) is 0 Å². The summed E-state index contributed by atoms with van der Waals surface area (Å²) in [5.41, 5.74) is 21.3. The van der Waals surface area contributed by atoms with Gasteiger partial charge in [-0.2, -0.15) is 0 Å². The number of carboxylic acid groups (broad SMARTS) is 2. The van der Waals surface area contributed by atoms with E-state index in [2.05, 4.69) is 15.6 Å². The molecule has 5 unspecified atom stereocenters. The van der Waals surface area contributed by atoms with E-state index in [0.717, 1.165) is 0 Å². The van der Waals surface area contributed by atoms with E-state index in [1.54, 1.807) is 13.8 Å². The molecule has 4 amide bonds. The summed E-state index contributed by atoms with van der Waals surface area (Å²) in [6.45, 7) is 3.64. The molecule has 0 aliphatic rings. The Morgan fingerprint density at radius 2 is 1.44 bits per heavy atom. The third kappa shape index (κ3) is 12.5. The third-order valence-electron chi connectivity index (χ3n) is 5.13. The lowest BCUT2D eigenvalue weighted by molar-refractivity contribution is -0.145. The van der Waals surface area contributed by atoms with Crippen molar-refractivity contribution in [3.05, 3.63) is 0 Å². The maximum Gasteiger partial charge on any atom is 0.326 e. The Morgan fingerprint density at radius 3 is 1.92 bits per heavy atom. The highest BCUT2D eigenvalue weighted by molar-refractivity contribution is 5.96. The molecule has 13 N–H and O–H groups in total. The molecule has 5 atom stereocenters. The van der Waals surface area contributed by atoms with Gasteiger partial charge in [0.2, 0.25) is 23.6 Å². The molecule has 0 saturated heterocycles. The first-order valence-corrected chi connectivity index (χ1v) is 11.1. The van der Waals surface area contributed by atoms with Crippen LogP contribution in [0, 0.1) is 5.92 Å². The van der Waals surface area contributed by atoms with Crippen molar-refractivity contribution in [2.45, 2.75) is 70.1 Å². The van der Waals surface area contributed by atoms with Gasteiger partial charge >= 0.3 is 11.9 Å². The van der Waals surface area contributed by atoms with Crippen molar-refractivity contribution in [1.29, 1.82) is 0 Å². The minimum atomic E-state index is -1.73. The Hall–Kier alpha value is -3.95. The van der Waals surface area contributed by atoms with Crippen LogP contribution in [0.4, 0.5) is 0 Å². The van der Waals surface area contributed by atoms with Crippen LogP contribution in [0.15, 0.2) is 4.99 Å². The number of aliphatic imine (C=N–C) groups is 1. The fraction of sp³-hybridized carbons (Fsp3) is 0.650. The summed E-state index contributed by atoms with van der Waals surface area (Å²) in [4.78, 5) is 75.4. The molecule has 0 aromatic heterocycles. The Morgan fingerprint density at radius 1 is 0.861 bits per heavy atom. The molecule has 0 saturated carbocycles. The summed E-state index contributed by atoms with van der Waals surface area (Å²) in [5, 5.41) is 25.0. The molecule has 0 radical (unpaired) electrons. The fourth-order valence-corrected chi connectivity index (χ4v) is 2.93. The third-order valence-corrected chi connectivity index (χ3v) is 5.13. The summed E-state index contributed by atoms with van der Waals surface area (Å²) >= 11 is 0. The van der Waals surface area contributed by atoms with Crippen molar-refractivity contribution in [3.63, 3.8) is 0 Å². The molecule has 16 nitrogen and oxygen atoms in total. The Balaban J connectivity index is 5.49. The van der Waals surface area contributed by atoms with E-state index in [-0.39, 0.29) is 18.9 Å². The molecule has 0 heterocycles. The number of amides is 4. The Bertz CT molecular complexity index is 846. The van der Waals surface area contributed by atoms with Gasteiger partial charge in [-0.25, -0.2) is 4.79 Å². The van der Waals surface area contributed by atoms with Gasteiger partial charge in [-0.1, -0.05) is 20.3 Å². The number of hydrogen-bond donors (Lipinski definition) is 9. The highest BCUT2D eigenvalue weighted by Gasteiger charge is 2.33. The monoisotopic (exact) mass is 516 g/mol. The zero-order valence-corrected chi connectivity index (χ0v) is 20.2. The second-order valence-electron chi connectivity index (χ2n) is 8.16. The van der Waals surface area contributed by atoms with Gasteiger partial charge in [-0.15, -0.1) is 0 Å². The molecule has 36 heavy (non-hydrogen) atoms. The van der Waals surface area contributed by atoms with Gasteiger partial charge in [-0.3, -0.25) is 29.0 Å². The number of hydrogen-bond acceptors (Lipinski definition) is 8. The van der Waals surface area contributed by atoms with Gasteiger partial charge in [0, 0.05) is 6.54 Å². The number of primary amides is 1. The van der Waals surface area contributed by atoms with Crippen LogP contribution in [-0.2, 0) is 28.8 Å². The summed E-state index contributed by atoms with van der Waals surface area (Å²) in [6, 6.07) is -5.62. The summed E-state index contributed by atoms with van der Waals surface area (Å²) in [6.07, 6.45) is -0.623. The van der Waals surface area contributed by atoms with Gasteiger partial charge in [-0.05, 0) is 18.8 Å². The minimum Gasteiger partial charge on any atom is -0.481 e. The zero-order chi connectivity index (χ0) is 28.0. The molecular formula is C20H36N8O8. The number of guanidine groups is 1. The lowest BCUT2D eigenvalue weighted by Crippen LogP contribution is -2.59. The van der Waals surface area contributed by atoms with Crippen LogP contribution < -0.4 is 38.9 Å². The average Bonchev–Trinajstić information content (AvgIpc) is 2.77. The maximum absolute atomic E-state index is 13.0. The van der Waals surface area contributed by atoms with Gasteiger partial charge in [0.15, 0.2) is 5.96 Å². The maximum atomic E-state index is 13.0. The van der Waals surface area contributed by atoms with E-state index in [1.165, 1.54) is 0 Å². The highest BCUT2D eigenvalue weighted by Crippen LogP contribution is 2.10. The molecular weight excluding hydrogens is 480 g/mol. The smallest absolute Gasteiger partial charge is 0.326 e. The number of carbonyl (C=O) groups is 6. The second-order valence-corrected chi connectivity index (χ2v) is 8.16. The number of nitrogens with zero attached hydrogens (tertiary/aromatic N) is 1. The van der Waals surface area contributed by atoms with E-state index in [1.807, 2.05) is 5.32 Å². The zero-order valence-electron chi connectivity index (χ0n) is 20.2. The molecule has 0 aliphatic carbocycles. The second kappa shape index (κ2) is 15.9. The first-order chi connectivity index (χ1) is 16.7. The predicted molar refractivity (Wildman–Crippen MR) is 127 cm³/mol. The van der Waals surface area contributed by atoms with Crippen molar-refractivity contribution in [2.24, 2.45) is 33.8 Å². The molecule has 0 spiro atoms. The standard InChI is InChI=1S/C20H36N8O8/c1-3-9(2)15(28-16(32)10(21)5-4-6-25-20(23)24)18(34)26-11(8-14(30)31)17(33)27-12(19(35)36)7-13(22)29/h9-12,15H,3-8,21H2,1-2H3,(H2,22,29)(H,26,34)(H,27,33)(H,28,32)(H,30,31)(H,35,36)(H4,23,24,25). The van der Waals surface area contributed by atoms with Gasteiger partial charge < -0.3 is 49.1 Å². The minimum absolute atomic E-state index is 0.106. The van der Waals surface area contributed by atoms with Crippen LogP contribution in [0.1, 0.15) is 46.0 Å². The lowest BCUT2D eigenvalue weighted by atomic mass is 9.97. The van der Waals surface area contributed by atoms with Crippen molar-refractivity contribution in [1.82, 2.24) is 16.0 Å². The normalized spacial score (nSPS) is 14.8. The molecule has 0 aromatic rings. The molecule has 16 heteroatoms. The Kier molecular flexibility index (Phi) is 14.1. The van der Waals surface area contributed by atoms with E-state index in [0.29, 0.717) is 12.8 Å². The first kappa shape index (κ1) is 32.0. The van der Waals surface area contributed by atoms with Gasteiger partial charge in [0.25, 0.3) is 0 Å². The van der Waals surface area contributed by atoms with E-state index in [4.69, 9.17) is 33.1 Å². The molecule has 0 fully saturated rings. The van der Waals surface area contributed by atoms with Gasteiger partial charge in [0.05, 0.1) is 18.9 Å². The fourth-order valence-electron chi connectivity index (χ4n) is 2.93. The number of rotatable bonds is 17.